The van der Waals surface area contributed by atoms with Gasteiger partial charge in [0.15, 0.2) is 0 Å². The maximum Gasteiger partial charge on any atom is 0.0973 e. The van der Waals surface area contributed by atoms with Crippen LogP contribution in [0.2, 0.25) is 0 Å². The van der Waals surface area contributed by atoms with Crippen molar-refractivity contribution in [1.82, 2.24) is 10.6 Å². The van der Waals surface area contributed by atoms with E-state index in [9.17, 15) is 0 Å². The van der Waals surface area contributed by atoms with Crippen molar-refractivity contribution in [2.75, 3.05) is 13.1 Å². The zero-order valence-corrected chi connectivity index (χ0v) is 8.51. The van der Waals surface area contributed by atoms with Crippen LogP contribution >= 0.6 is 0 Å². The molecule has 0 spiro atoms. The molecule has 0 saturated carbocycles. The summed E-state index contributed by atoms with van der Waals surface area (Å²) >= 11 is 0. The van der Waals surface area contributed by atoms with Gasteiger partial charge in [0, 0.05) is 13.0 Å². The summed E-state index contributed by atoms with van der Waals surface area (Å²) in [6, 6.07) is 1.12. The van der Waals surface area contributed by atoms with Crippen molar-refractivity contribution in [2.45, 2.75) is 38.8 Å². The molecule has 0 amide bonds. The molecule has 2 rings (SSSR count). The lowest BCUT2D eigenvalue weighted by Crippen LogP contribution is -2.48. The van der Waals surface area contributed by atoms with Crippen molar-refractivity contribution in [3.05, 3.63) is 0 Å². The van der Waals surface area contributed by atoms with Gasteiger partial charge in [-0.15, -0.1) is 0 Å². The first-order chi connectivity index (χ1) is 6.25. The van der Waals surface area contributed by atoms with Crippen molar-refractivity contribution in [1.29, 1.82) is 0 Å². The van der Waals surface area contributed by atoms with E-state index >= 15 is 0 Å². The highest BCUT2D eigenvalue weighted by Gasteiger charge is 2.30. The van der Waals surface area contributed by atoms with Crippen LogP contribution in [-0.2, 0) is 0 Å². The predicted octanol–water partition coefficient (Wildman–Crippen LogP) is 0.765. The van der Waals surface area contributed by atoms with E-state index in [1.54, 1.807) is 0 Å². The average Bonchev–Trinajstić information content (AvgIpc) is 2.44. The summed E-state index contributed by atoms with van der Waals surface area (Å²) in [6.45, 7) is 6.69. The van der Waals surface area contributed by atoms with E-state index in [-0.39, 0.29) is 0 Å². The SMILES string of the molecule is CC(C)CC1=NC2CCNCC2N1. The van der Waals surface area contributed by atoms with Gasteiger partial charge >= 0.3 is 0 Å². The van der Waals surface area contributed by atoms with E-state index in [2.05, 4.69) is 24.5 Å². The molecule has 3 heteroatoms. The van der Waals surface area contributed by atoms with Gasteiger partial charge in [-0.25, -0.2) is 0 Å². The Hall–Kier alpha value is -0.570. The molecule has 0 aromatic heterocycles. The van der Waals surface area contributed by atoms with Crippen LogP contribution in [0, 0.1) is 5.92 Å². The molecular weight excluding hydrogens is 162 g/mol. The number of hydrogen-bond acceptors (Lipinski definition) is 3. The quantitative estimate of drug-likeness (QED) is 0.660. The van der Waals surface area contributed by atoms with Gasteiger partial charge in [-0.1, -0.05) is 13.8 Å². The minimum Gasteiger partial charge on any atom is -0.368 e. The van der Waals surface area contributed by atoms with Crippen LogP contribution in [0.4, 0.5) is 0 Å². The van der Waals surface area contributed by atoms with Gasteiger partial charge in [0.1, 0.15) is 0 Å². The highest BCUT2D eigenvalue weighted by Crippen LogP contribution is 2.16. The van der Waals surface area contributed by atoms with Gasteiger partial charge in [-0.3, -0.25) is 4.99 Å². The fourth-order valence-electron chi connectivity index (χ4n) is 2.10. The third kappa shape index (κ3) is 2.02. The molecule has 0 aromatic rings. The second kappa shape index (κ2) is 3.66. The molecule has 2 heterocycles. The van der Waals surface area contributed by atoms with Crippen LogP contribution in [0.1, 0.15) is 26.7 Å². The molecule has 0 aliphatic carbocycles. The highest BCUT2D eigenvalue weighted by atomic mass is 15.2. The molecule has 2 atom stereocenters. The van der Waals surface area contributed by atoms with Crippen molar-refractivity contribution >= 4 is 5.84 Å². The number of nitrogens with one attached hydrogen (secondary N) is 2. The molecule has 2 N–H and O–H groups in total. The van der Waals surface area contributed by atoms with Crippen LogP contribution in [0.25, 0.3) is 0 Å². The Morgan fingerprint density at radius 1 is 1.54 bits per heavy atom. The summed E-state index contributed by atoms with van der Waals surface area (Å²) in [5, 5.41) is 6.91. The van der Waals surface area contributed by atoms with Crippen LogP contribution in [-0.4, -0.2) is 31.0 Å². The van der Waals surface area contributed by atoms with Gasteiger partial charge in [0.2, 0.25) is 0 Å². The van der Waals surface area contributed by atoms with Crippen molar-refractivity contribution in [3.8, 4) is 0 Å². The molecule has 0 aromatic carbocycles. The molecule has 1 saturated heterocycles. The van der Waals surface area contributed by atoms with Crippen molar-refractivity contribution in [2.24, 2.45) is 10.9 Å². The standard InChI is InChI=1S/C10H19N3/c1-7(2)5-10-12-8-3-4-11-6-9(8)13-10/h7-9,11H,3-6H2,1-2H3,(H,12,13). The number of piperidine rings is 1. The Labute approximate surface area is 80.0 Å². The van der Waals surface area contributed by atoms with Crippen LogP contribution < -0.4 is 10.6 Å². The van der Waals surface area contributed by atoms with Gasteiger partial charge in [0.25, 0.3) is 0 Å². The summed E-state index contributed by atoms with van der Waals surface area (Å²) in [6.07, 6.45) is 2.30. The highest BCUT2D eigenvalue weighted by molar-refractivity contribution is 5.84. The fraction of sp³-hybridized carbons (Fsp3) is 0.900. The van der Waals surface area contributed by atoms with E-state index in [0.29, 0.717) is 18.0 Å². The molecule has 0 radical (unpaired) electrons. The van der Waals surface area contributed by atoms with E-state index in [0.717, 1.165) is 19.5 Å². The average molecular weight is 181 g/mol. The number of rotatable bonds is 2. The number of fused-ring (bicyclic) bond motifs is 1. The Balaban J connectivity index is 1.93. The van der Waals surface area contributed by atoms with Crippen molar-refractivity contribution < 1.29 is 0 Å². The third-order valence-corrected chi connectivity index (χ3v) is 2.72. The molecule has 2 aliphatic heterocycles. The Kier molecular flexibility index (Phi) is 2.54. The second-order valence-electron chi connectivity index (χ2n) is 4.48. The fourth-order valence-corrected chi connectivity index (χ4v) is 2.10. The Bertz CT molecular complexity index is 210. The largest absolute Gasteiger partial charge is 0.368 e. The van der Waals surface area contributed by atoms with Crippen molar-refractivity contribution in [3.63, 3.8) is 0 Å². The lowest BCUT2D eigenvalue weighted by atomic mass is 10.0. The van der Waals surface area contributed by atoms with Gasteiger partial charge in [0.05, 0.1) is 17.9 Å². The maximum atomic E-state index is 4.72. The zero-order chi connectivity index (χ0) is 9.26. The Morgan fingerprint density at radius 2 is 2.38 bits per heavy atom. The number of amidine groups is 1. The lowest BCUT2D eigenvalue weighted by molar-refractivity contribution is 0.401. The molecule has 3 nitrogen and oxygen atoms in total. The summed E-state index contributed by atoms with van der Waals surface area (Å²) in [5.74, 6) is 1.94. The summed E-state index contributed by atoms with van der Waals surface area (Å²) in [4.78, 5) is 4.72. The van der Waals surface area contributed by atoms with Crippen LogP contribution in [0.3, 0.4) is 0 Å². The molecule has 0 bridgehead atoms. The van der Waals surface area contributed by atoms with E-state index in [4.69, 9.17) is 4.99 Å². The molecule has 1 fully saturated rings. The van der Waals surface area contributed by atoms with E-state index < -0.39 is 0 Å². The van der Waals surface area contributed by atoms with E-state index in [1.165, 1.54) is 12.3 Å². The predicted molar refractivity (Wildman–Crippen MR) is 55.1 cm³/mol. The van der Waals surface area contributed by atoms with E-state index in [1.807, 2.05) is 0 Å². The number of nitrogens with zero attached hydrogens (tertiary/aromatic N) is 1. The van der Waals surface area contributed by atoms with Gasteiger partial charge in [-0.2, -0.15) is 0 Å². The van der Waals surface area contributed by atoms with Gasteiger partial charge < -0.3 is 10.6 Å². The minimum absolute atomic E-state index is 0.551. The molecular formula is C10H19N3. The first-order valence-electron chi connectivity index (χ1n) is 5.29. The minimum atomic E-state index is 0.551. The molecule has 13 heavy (non-hydrogen) atoms. The smallest absolute Gasteiger partial charge is 0.0973 e. The number of hydrogen-bond donors (Lipinski definition) is 2. The Morgan fingerprint density at radius 3 is 3.08 bits per heavy atom. The summed E-state index contributed by atoms with van der Waals surface area (Å²) in [7, 11) is 0. The monoisotopic (exact) mass is 181 g/mol. The third-order valence-electron chi connectivity index (χ3n) is 2.72. The second-order valence-corrected chi connectivity index (χ2v) is 4.48. The summed E-state index contributed by atoms with van der Waals surface area (Å²) < 4.78 is 0. The first-order valence-corrected chi connectivity index (χ1v) is 5.29. The van der Waals surface area contributed by atoms with Crippen LogP contribution in [0.5, 0.6) is 0 Å². The lowest BCUT2D eigenvalue weighted by Gasteiger charge is -2.24. The van der Waals surface area contributed by atoms with Crippen LogP contribution in [0.15, 0.2) is 4.99 Å². The summed E-state index contributed by atoms with van der Waals surface area (Å²) in [5.41, 5.74) is 0. The molecule has 74 valence electrons. The molecule has 2 unspecified atom stereocenters. The topological polar surface area (TPSA) is 36.4 Å². The molecule has 2 aliphatic rings. The number of aliphatic imine (C=N–C) groups is 1. The maximum absolute atomic E-state index is 4.72. The zero-order valence-electron chi connectivity index (χ0n) is 8.51. The van der Waals surface area contributed by atoms with Gasteiger partial charge in [-0.05, 0) is 18.9 Å². The first kappa shape index (κ1) is 9.00. The normalized spacial score (nSPS) is 32.7.